The van der Waals surface area contributed by atoms with Crippen molar-refractivity contribution in [2.75, 3.05) is 27.3 Å². The summed E-state index contributed by atoms with van der Waals surface area (Å²) < 4.78 is 12.4. The zero-order chi connectivity index (χ0) is 15.9. The van der Waals surface area contributed by atoms with Crippen LogP contribution in [0.3, 0.4) is 0 Å². The van der Waals surface area contributed by atoms with Crippen LogP contribution in [0, 0.1) is 5.92 Å². The molecular formula is C16H17Br2NO3. The summed E-state index contributed by atoms with van der Waals surface area (Å²) in [6.45, 7) is 1.92. The van der Waals surface area contributed by atoms with Crippen LogP contribution in [0.4, 0.5) is 0 Å². The summed E-state index contributed by atoms with van der Waals surface area (Å²) in [6, 6.07) is 1.92. The number of ketones is 1. The van der Waals surface area contributed by atoms with E-state index < -0.39 is 0 Å². The molecule has 0 aromatic heterocycles. The largest absolute Gasteiger partial charge is 0.495 e. The van der Waals surface area contributed by atoms with Crippen LogP contribution >= 0.6 is 31.9 Å². The second kappa shape index (κ2) is 6.24. The molecule has 4 nitrogen and oxygen atoms in total. The van der Waals surface area contributed by atoms with E-state index in [1.165, 1.54) is 0 Å². The molecule has 3 heterocycles. The van der Waals surface area contributed by atoms with Crippen molar-refractivity contribution in [1.29, 1.82) is 0 Å². The topological polar surface area (TPSA) is 38.8 Å². The van der Waals surface area contributed by atoms with Gasteiger partial charge in [-0.25, -0.2) is 0 Å². The van der Waals surface area contributed by atoms with Gasteiger partial charge in [0, 0.05) is 24.6 Å². The molecule has 2 bridgehead atoms. The molecule has 4 rings (SSSR count). The van der Waals surface area contributed by atoms with Gasteiger partial charge in [0.05, 0.1) is 24.4 Å². The van der Waals surface area contributed by atoms with Gasteiger partial charge in [0.2, 0.25) is 0 Å². The third-order valence-corrected chi connectivity index (χ3v) is 5.63. The Morgan fingerprint density at radius 2 is 1.82 bits per heavy atom. The lowest BCUT2D eigenvalue weighted by Gasteiger charge is -2.41. The van der Waals surface area contributed by atoms with Crippen LogP contribution in [0.5, 0.6) is 11.5 Å². The molecule has 22 heavy (non-hydrogen) atoms. The number of ether oxygens (including phenoxy) is 2. The monoisotopic (exact) mass is 429 g/mol. The molecule has 0 amide bonds. The number of allylic oxidation sites excluding steroid dienone is 1. The number of piperidine rings is 3. The van der Waals surface area contributed by atoms with Crippen LogP contribution in [0.1, 0.15) is 18.4 Å². The minimum Gasteiger partial charge on any atom is -0.495 e. The molecule has 3 fully saturated rings. The van der Waals surface area contributed by atoms with Crippen LogP contribution in [-0.2, 0) is 4.79 Å². The van der Waals surface area contributed by atoms with Gasteiger partial charge in [0.1, 0.15) is 10.2 Å². The molecule has 3 aliphatic heterocycles. The first-order chi connectivity index (χ1) is 10.6. The highest BCUT2D eigenvalue weighted by molar-refractivity contribution is 9.11. The quantitative estimate of drug-likeness (QED) is 0.682. The highest BCUT2D eigenvalue weighted by Crippen LogP contribution is 2.44. The first kappa shape index (κ1) is 15.9. The fraction of sp³-hybridized carbons (Fsp3) is 0.438. The highest BCUT2D eigenvalue weighted by atomic mass is 79.9. The van der Waals surface area contributed by atoms with E-state index in [0.717, 1.165) is 46.1 Å². The average Bonchev–Trinajstić information content (AvgIpc) is 2.51. The van der Waals surface area contributed by atoms with E-state index in [1.807, 2.05) is 12.1 Å². The molecule has 0 spiro atoms. The second-order valence-corrected chi connectivity index (χ2v) is 7.13. The van der Waals surface area contributed by atoms with Gasteiger partial charge < -0.3 is 14.4 Å². The maximum absolute atomic E-state index is 12.5. The predicted molar refractivity (Wildman–Crippen MR) is 92.2 cm³/mol. The van der Waals surface area contributed by atoms with E-state index >= 15 is 0 Å². The number of hydrogen-bond donors (Lipinski definition) is 0. The number of carbonyl (C=O) groups excluding carboxylic acids is 1. The lowest BCUT2D eigenvalue weighted by Crippen LogP contribution is -2.45. The third kappa shape index (κ3) is 2.56. The summed E-state index contributed by atoms with van der Waals surface area (Å²) in [5.74, 6) is 1.79. The molecule has 0 aliphatic carbocycles. The number of hydrogen-bond acceptors (Lipinski definition) is 4. The Kier molecular flexibility index (Phi) is 4.50. The van der Waals surface area contributed by atoms with E-state index in [0.29, 0.717) is 11.5 Å². The summed E-state index contributed by atoms with van der Waals surface area (Å²) in [5, 5.41) is 0. The Bertz CT molecular complexity index is 649. The van der Waals surface area contributed by atoms with Crippen LogP contribution in [-0.4, -0.2) is 38.0 Å². The number of benzene rings is 1. The number of fused-ring (bicyclic) bond motifs is 3. The van der Waals surface area contributed by atoms with Gasteiger partial charge in [-0.1, -0.05) is 0 Å². The lowest BCUT2D eigenvalue weighted by atomic mass is 9.84. The fourth-order valence-corrected chi connectivity index (χ4v) is 4.80. The molecule has 0 unspecified atom stereocenters. The number of halogens is 2. The van der Waals surface area contributed by atoms with E-state index in [1.54, 1.807) is 14.2 Å². The third-order valence-electron chi connectivity index (χ3n) is 4.32. The van der Waals surface area contributed by atoms with Crippen molar-refractivity contribution < 1.29 is 14.3 Å². The van der Waals surface area contributed by atoms with Crippen LogP contribution in [0.2, 0.25) is 0 Å². The van der Waals surface area contributed by atoms with E-state index in [9.17, 15) is 4.79 Å². The van der Waals surface area contributed by atoms with Gasteiger partial charge in [0.15, 0.2) is 11.5 Å². The average molecular weight is 431 g/mol. The standard InChI is InChI=1S/C16H17Br2NO3/c1-21-15-10(7-11(17)16(22-2)13(15)18)8-12-14(20)9-3-5-19(12)6-4-9/h7-9H,3-6H2,1-2H3/b12-8-. The molecule has 0 radical (unpaired) electrons. The summed E-state index contributed by atoms with van der Waals surface area (Å²) >= 11 is 7.02. The smallest absolute Gasteiger partial charge is 0.182 e. The van der Waals surface area contributed by atoms with E-state index in [-0.39, 0.29) is 11.7 Å². The zero-order valence-corrected chi connectivity index (χ0v) is 15.7. The number of nitrogens with zero attached hydrogens (tertiary/aromatic N) is 1. The van der Waals surface area contributed by atoms with Gasteiger partial charge in [-0.15, -0.1) is 0 Å². The minimum absolute atomic E-state index is 0.187. The summed E-state index contributed by atoms with van der Waals surface area (Å²) in [5.41, 5.74) is 1.66. The van der Waals surface area contributed by atoms with E-state index in [4.69, 9.17) is 9.47 Å². The van der Waals surface area contributed by atoms with Gasteiger partial charge in [-0.3, -0.25) is 4.79 Å². The minimum atomic E-state index is 0.187. The zero-order valence-electron chi connectivity index (χ0n) is 12.5. The molecule has 1 aromatic rings. The summed E-state index contributed by atoms with van der Waals surface area (Å²) in [7, 11) is 3.22. The molecule has 1 aromatic carbocycles. The first-order valence-corrected chi connectivity index (χ1v) is 8.76. The first-order valence-electron chi connectivity index (χ1n) is 7.17. The van der Waals surface area contributed by atoms with Crippen LogP contribution in [0.25, 0.3) is 6.08 Å². The van der Waals surface area contributed by atoms with Crippen LogP contribution in [0.15, 0.2) is 20.7 Å². The molecule has 0 N–H and O–H groups in total. The molecular weight excluding hydrogens is 414 g/mol. The fourth-order valence-electron chi connectivity index (χ4n) is 3.16. The van der Waals surface area contributed by atoms with Crippen LogP contribution < -0.4 is 9.47 Å². The Morgan fingerprint density at radius 3 is 2.36 bits per heavy atom. The summed E-state index contributed by atoms with van der Waals surface area (Å²) in [6.07, 6.45) is 3.88. The second-order valence-electron chi connectivity index (χ2n) is 5.48. The Hall–Kier alpha value is -1.01. The van der Waals surface area contributed by atoms with Crippen molar-refractivity contribution in [3.63, 3.8) is 0 Å². The van der Waals surface area contributed by atoms with Crippen molar-refractivity contribution >= 4 is 43.7 Å². The Balaban J connectivity index is 2.09. The molecule has 6 heteroatoms. The predicted octanol–water partition coefficient (Wildman–Crippen LogP) is 3.86. The SMILES string of the molecule is COc1c(Br)cc(/C=C2/C(=O)C3CCN2CC3)c(OC)c1Br. The normalized spacial score (nSPS) is 19.9. The number of rotatable bonds is 3. The van der Waals surface area contributed by atoms with Crippen molar-refractivity contribution in [1.82, 2.24) is 4.90 Å². The van der Waals surface area contributed by atoms with Crippen molar-refractivity contribution in [3.05, 3.63) is 26.3 Å². The summed E-state index contributed by atoms with van der Waals surface area (Å²) in [4.78, 5) is 14.7. The van der Waals surface area contributed by atoms with Crippen molar-refractivity contribution in [2.45, 2.75) is 12.8 Å². The van der Waals surface area contributed by atoms with Gasteiger partial charge in [-0.2, -0.15) is 0 Å². The molecule has 0 saturated carbocycles. The molecule has 0 atom stereocenters. The van der Waals surface area contributed by atoms with E-state index in [2.05, 4.69) is 36.8 Å². The lowest BCUT2D eigenvalue weighted by molar-refractivity contribution is -0.125. The molecule has 3 aliphatic rings. The Labute approximate surface area is 146 Å². The van der Waals surface area contributed by atoms with Crippen molar-refractivity contribution in [2.24, 2.45) is 5.92 Å². The number of methoxy groups -OCH3 is 2. The molecule has 118 valence electrons. The highest BCUT2D eigenvalue weighted by Gasteiger charge is 2.36. The number of carbonyl (C=O) groups is 1. The Morgan fingerprint density at radius 1 is 1.18 bits per heavy atom. The molecule has 3 saturated heterocycles. The van der Waals surface area contributed by atoms with Crippen molar-refractivity contribution in [3.8, 4) is 11.5 Å². The maximum atomic E-state index is 12.5. The maximum Gasteiger partial charge on any atom is 0.182 e. The number of Topliss-reactive ketones (excluding diaryl/α,β-unsaturated/α-hetero) is 1. The van der Waals surface area contributed by atoms with Gasteiger partial charge >= 0.3 is 0 Å². The van der Waals surface area contributed by atoms with Gasteiger partial charge in [0.25, 0.3) is 0 Å². The van der Waals surface area contributed by atoms with Gasteiger partial charge in [-0.05, 0) is 56.8 Å².